The van der Waals surface area contributed by atoms with Gasteiger partial charge in [0.05, 0.1) is 37.5 Å². The van der Waals surface area contributed by atoms with Gasteiger partial charge in [0.15, 0.2) is 0 Å². The highest BCUT2D eigenvalue weighted by Gasteiger charge is 2.45. The number of fused-ring (bicyclic) bond motifs is 2. The van der Waals surface area contributed by atoms with E-state index in [2.05, 4.69) is 28.6 Å². The number of likely N-dealkylation sites (tertiary alicyclic amines) is 1. The molecule has 2 fully saturated rings. The van der Waals surface area contributed by atoms with E-state index in [4.69, 9.17) is 14.5 Å². The van der Waals surface area contributed by atoms with Crippen molar-refractivity contribution in [3.05, 3.63) is 17.5 Å². The van der Waals surface area contributed by atoms with Crippen LogP contribution >= 0.6 is 0 Å². The van der Waals surface area contributed by atoms with Gasteiger partial charge in [0, 0.05) is 37.9 Å². The van der Waals surface area contributed by atoms with Crippen molar-refractivity contribution in [3.63, 3.8) is 0 Å². The Morgan fingerprint density at radius 3 is 2.73 bits per heavy atom. The number of rotatable bonds is 5. The number of nitrogens with zero attached hydrogens (tertiary/aromatic N) is 4. The summed E-state index contributed by atoms with van der Waals surface area (Å²) in [5.74, 6) is 1.66. The predicted octanol–water partition coefficient (Wildman–Crippen LogP) is 2.22. The first kappa shape index (κ1) is 18.1. The van der Waals surface area contributed by atoms with Crippen LogP contribution < -0.4 is 4.90 Å². The molecule has 144 valence electrons. The fraction of sp³-hybridized carbons (Fsp3) is 0.800. The zero-order valence-corrected chi connectivity index (χ0v) is 16.2. The van der Waals surface area contributed by atoms with E-state index >= 15 is 0 Å². The SMILES string of the molecule is CCC(CC)CN1CCC2(COCc3cnc(N4CCOCC4)nc32)C1. The summed E-state index contributed by atoms with van der Waals surface area (Å²) in [5, 5.41) is 0. The summed E-state index contributed by atoms with van der Waals surface area (Å²) < 4.78 is 11.5. The van der Waals surface area contributed by atoms with E-state index in [0.717, 1.165) is 64.3 Å². The van der Waals surface area contributed by atoms with E-state index in [1.807, 2.05) is 6.20 Å². The van der Waals surface area contributed by atoms with Gasteiger partial charge >= 0.3 is 0 Å². The highest BCUT2D eigenvalue weighted by Crippen LogP contribution is 2.39. The van der Waals surface area contributed by atoms with Gasteiger partial charge in [0.25, 0.3) is 0 Å². The zero-order chi connectivity index (χ0) is 18.0. The molecule has 0 radical (unpaired) electrons. The van der Waals surface area contributed by atoms with Gasteiger partial charge in [-0.25, -0.2) is 9.97 Å². The molecule has 0 saturated carbocycles. The minimum atomic E-state index is 0.0452. The van der Waals surface area contributed by atoms with Crippen LogP contribution in [0.15, 0.2) is 6.20 Å². The standard InChI is InChI=1S/C20H32N4O2/c1-3-16(4-2)12-23-6-5-20(14-23)15-26-13-17-11-21-19(22-18(17)20)24-7-9-25-10-8-24/h11,16H,3-10,12-15H2,1-2H3. The van der Waals surface area contributed by atoms with Gasteiger partial charge in [0.2, 0.25) is 5.95 Å². The van der Waals surface area contributed by atoms with Crippen LogP contribution in [0.5, 0.6) is 0 Å². The molecule has 1 unspecified atom stereocenters. The molecule has 1 aromatic rings. The third-order valence-electron chi connectivity index (χ3n) is 6.39. The average molecular weight is 361 g/mol. The van der Waals surface area contributed by atoms with Crippen LogP contribution in [0.3, 0.4) is 0 Å². The smallest absolute Gasteiger partial charge is 0.225 e. The molecule has 3 aliphatic rings. The lowest BCUT2D eigenvalue weighted by Crippen LogP contribution is -2.42. The number of ether oxygens (including phenoxy) is 2. The van der Waals surface area contributed by atoms with Crippen LogP contribution in [0, 0.1) is 5.92 Å². The van der Waals surface area contributed by atoms with Crippen LogP contribution in [0.4, 0.5) is 5.95 Å². The van der Waals surface area contributed by atoms with Crippen molar-refractivity contribution in [3.8, 4) is 0 Å². The molecule has 0 N–H and O–H groups in total. The fourth-order valence-corrected chi connectivity index (χ4v) is 4.64. The van der Waals surface area contributed by atoms with Crippen molar-refractivity contribution in [2.24, 2.45) is 5.92 Å². The van der Waals surface area contributed by atoms with Gasteiger partial charge in [-0.3, -0.25) is 0 Å². The summed E-state index contributed by atoms with van der Waals surface area (Å²) in [4.78, 5) is 14.6. The third-order valence-corrected chi connectivity index (χ3v) is 6.39. The second-order valence-electron chi connectivity index (χ2n) is 8.08. The first-order valence-electron chi connectivity index (χ1n) is 10.2. The minimum Gasteiger partial charge on any atom is -0.378 e. The predicted molar refractivity (Wildman–Crippen MR) is 102 cm³/mol. The molecule has 6 nitrogen and oxygen atoms in total. The molecule has 0 aromatic carbocycles. The van der Waals surface area contributed by atoms with Crippen molar-refractivity contribution >= 4 is 5.95 Å². The quantitative estimate of drug-likeness (QED) is 0.803. The van der Waals surface area contributed by atoms with Gasteiger partial charge in [-0.15, -0.1) is 0 Å². The van der Waals surface area contributed by atoms with E-state index in [9.17, 15) is 0 Å². The van der Waals surface area contributed by atoms with Crippen LogP contribution in [-0.2, 0) is 21.5 Å². The molecule has 1 atom stereocenters. The normalized spacial score (nSPS) is 26.7. The molecule has 2 saturated heterocycles. The Bertz CT molecular complexity index is 616. The second kappa shape index (κ2) is 7.79. The highest BCUT2D eigenvalue weighted by atomic mass is 16.5. The topological polar surface area (TPSA) is 50.7 Å². The van der Waals surface area contributed by atoms with Crippen LogP contribution in [0.2, 0.25) is 0 Å². The van der Waals surface area contributed by atoms with Crippen molar-refractivity contribution in [2.45, 2.75) is 45.1 Å². The van der Waals surface area contributed by atoms with E-state index in [1.54, 1.807) is 0 Å². The van der Waals surface area contributed by atoms with E-state index in [0.29, 0.717) is 6.61 Å². The van der Waals surface area contributed by atoms with Crippen molar-refractivity contribution < 1.29 is 9.47 Å². The van der Waals surface area contributed by atoms with Crippen molar-refractivity contribution in [1.29, 1.82) is 0 Å². The van der Waals surface area contributed by atoms with E-state index < -0.39 is 0 Å². The number of aromatic nitrogens is 2. The largest absolute Gasteiger partial charge is 0.378 e. The van der Waals surface area contributed by atoms with Gasteiger partial charge in [-0.2, -0.15) is 0 Å². The monoisotopic (exact) mass is 360 g/mol. The lowest BCUT2D eigenvalue weighted by molar-refractivity contribution is 0.0497. The summed E-state index contributed by atoms with van der Waals surface area (Å²) in [6.45, 7) is 12.7. The molecule has 0 bridgehead atoms. The summed E-state index contributed by atoms with van der Waals surface area (Å²) in [7, 11) is 0. The molecule has 1 aromatic heterocycles. The number of hydrogen-bond acceptors (Lipinski definition) is 6. The van der Waals surface area contributed by atoms with Crippen molar-refractivity contribution in [1.82, 2.24) is 14.9 Å². The van der Waals surface area contributed by atoms with Crippen LogP contribution in [0.1, 0.15) is 44.4 Å². The van der Waals surface area contributed by atoms with Crippen LogP contribution in [0.25, 0.3) is 0 Å². The fourth-order valence-electron chi connectivity index (χ4n) is 4.64. The summed E-state index contributed by atoms with van der Waals surface area (Å²) >= 11 is 0. The second-order valence-corrected chi connectivity index (χ2v) is 8.08. The molecule has 6 heteroatoms. The summed E-state index contributed by atoms with van der Waals surface area (Å²) in [5.41, 5.74) is 2.47. The van der Waals surface area contributed by atoms with E-state index in [-0.39, 0.29) is 5.41 Å². The Hall–Kier alpha value is -1.24. The average Bonchev–Trinajstić information content (AvgIpc) is 3.10. The summed E-state index contributed by atoms with van der Waals surface area (Å²) in [6, 6.07) is 0. The molecule has 26 heavy (non-hydrogen) atoms. The number of hydrogen-bond donors (Lipinski definition) is 0. The third kappa shape index (κ3) is 3.47. The molecule has 4 heterocycles. The minimum absolute atomic E-state index is 0.0452. The molecule has 3 aliphatic heterocycles. The van der Waals surface area contributed by atoms with Gasteiger partial charge in [0.1, 0.15) is 0 Å². The number of morpholine rings is 1. The van der Waals surface area contributed by atoms with Gasteiger partial charge in [-0.05, 0) is 18.9 Å². The molecule has 4 rings (SSSR count). The Morgan fingerprint density at radius 2 is 1.96 bits per heavy atom. The highest BCUT2D eigenvalue weighted by molar-refractivity contribution is 5.38. The lowest BCUT2D eigenvalue weighted by atomic mass is 9.80. The molecule has 1 spiro atoms. The summed E-state index contributed by atoms with van der Waals surface area (Å²) in [6.07, 6.45) is 5.66. The Kier molecular flexibility index (Phi) is 5.43. The maximum absolute atomic E-state index is 5.98. The van der Waals surface area contributed by atoms with E-state index in [1.165, 1.54) is 30.6 Å². The maximum Gasteiger partial charge on any atom is 0.225 e. The first-order chi connectivity index (χ1) is 12.7. The molecule has 0 amide bonds. The number of anilines is 1. The maximum atomic E-state index is 5.98. The Morgan fingerprint density at radius 1 is 1.15 bits per heavy atom. The zero-order valence-electron chi connectivity index (χ0n) is 16.2. The van der Waals surface area contributed by atoms with Crippen molar-refractivity contribution in [2.75, 3.05) is 57.4 Å². The van der Waals surface area contributed by atoms with Crippen LogP contribution in [-0.4, -0.2) is 67.4 Å². The van der Waals surface area contributed by atoms with Gasteiger partial charge in [-0.1, -0.05) is 26.7 Å². The molecule has 0 aliphatic carbocycles. The molecular weight excluding hydrogens is 328 g/mol. The first-order valence-corrected chi connectivity index (χ1v) is 10.2. The van der Waals surface area contributed by atoms with Gasteiger partial charge < -0.3 is 19.3 Å². The Balaban J connectivity index is 1.56. The Labute approximate surface area is 156 Å². The molecular formula is C20H32N4O2. The lowest BCUT2D eigenvalue weighted by Gasteiger charge is -2.36.